The Morgan fingerprint density at radius 2 is 2.24 bits per heavy atom. The van der Waals surface area contributed by atoms with Gasteiger partial charge in [0.05, 0.1) is 11.5 Å². The van der Waals surface area contributed by atoms with Crippen molar-refractivity contribution in [2.75, 3.05) is 6.54 Å². The molecule has 1 aromatic carbocycles. The Morgan fingerprint density at radius 1 is 1.43 bits per heavy atom. The summed E-state index contributed by atoms with van der Waals surface area (Å²) in [5.74, 6) is 4.92. The Hall–Kier alpha value is -2.43. The molecule has 0 fully saturated rings. The number of hydrogen-bond acceptors (Lipinski definition) is 5. The van der Waals surface area contributed by atoms with E-state index in [-0.39, 0.29) is 24.6 Å². The molecule has 2 aromatic rings. The predicted octanol–water partition coefficient (Wildman–Crippen LogP) is 2.68. The second-order valence-electron chi connectivity index (χ2n) is 3.97. The van der Waals surface area contributed by atoms with Gasteiger partial charge in [-0.25, -0.2) is 4.39 Å². The Kier molecular flexibility index (Phi) is 4.87. The largest absolute Gasteiger partial charge is 0.481 e. The second kappa shape index (κ2) is 6.83. The Bertz CT molecular complexity index is 718. The highest BCUT2D eigenvalue weighted by Crippen LogP contribution is 2.28. The number of nitrogens with zero attached hydrogens (tertiary/aromatic N) is 1. The Labute approximate surface area is 124 Å². The van der Waals surface area contributed by atoms with Gasteiger partial charge in [0.25, 0.3) is 0 Å². The first-order valence-corrected chi connectivity index (χ1v) is 6.81. The number of ether oxygens (including phenoxy) is 1. The second-order valence-corrected chi connectivity index (χ2v) is 4.96. The summed E-state index contributed by atoms with van der Waals surface area (Å²) in [7, 11) is 0. The standard InChI is InChI=1S/C14H11FN2O3S/c15-11-3-4-13(17(18)19)14(7-11)20-8-12-6-10(9-21-12)2-1-5-16/h3-4,6-7,9H,5,8,16H2. The molecule has 2 N–H and O–H groups in total. The highest BCUT2D eigenvalue weighted by molar-refractivity contribution is 7.10. The lowest BCUT2D eigenvalue weighted by Gasteiger charge is -2.05. The summed E-state index contributed by atoms with van der Waals surface area (Å²) in [6, 6.07) is 4.91. The number of rotatable bonds is 4. The fourth-order valence-corrected chi connectivity index (χ4v) is 2.31. The van der Waals surface area contributed by atoms with Gasteiger partial charge in [-0.1, -0.05) is 11.8 Å². The van der Waals surface area contributed by atoms with Crippen LogP contribution in [0, 0.1) is 27.8 Å². The minimum Gasteiger partial charge on any atom is -0.481 e. The van der Waals surface area contributed by atoms with Gasteiger partial charge >= 0.3 is 5.69 Å². The van der Waals surface area contributed by atoms with E-state index in [4.69, 9.17) is 10.5 Å². The van der Waals surface area contributed by atoms with E-state index in [0.717, 1.165) is 28.6 Å². The third-order valence-corrected chi connectivity index (χ3v) is 3.39. The van der Waals surface area contributed by atoms with E-state index in [0.29, 0.717) is 0 Å². The van der Waals surface area contributed by atoms with Gasteiger partial charge in [-0.3, -0.25) is 10.1 Å². The van der Waals surface area contributed by atoms with E-state index in [1.165, 1.54) is 11.3 Å². The molecule has 0 bridgehead atoms. The van der Waals surface area contributed by atoms with Crippen LogP contribution in [0.25, 0.3) is 0 Å². The van der Waals surface area contributed by atoms with Crippen molar-refractivity contribution in [1.82, 2.24) is 0 Å². The molecular weight excluding hydrogens is 295 g/mol. The van der Waals surface area contributed by atoms with E-state index < -0.39 is 10.7 Å². The summed E-state index contributed by atoms with van der Waals surface area (Å²) in [6.45, 7) is 0.385. The molecule has 0 atom stereocenters. The summed E-state index contributed by atoms with van der Waals surface area (Å²) in [6.07, 6.45) is 0. The molecule has 0 aliphatic heterocycles. The van der Waals surface area contributed by atoms with Gasteiger partial charge in [-0.15, -0.1) is 11.3 Å². The molecule has 1 aromatic heterocycles. The van der Waals surface area contributed by atoms with Crippen LogP contribution in [0.4, 0.5) is 10.1 Å². The summed E-state index contributed by atoms with van der Waals surface area (Å²) in [4.78, 5) is 11.1. The lowest BCUT2D eigenvalue weighted by molar-refractivity contribution is -0.386. The number of nitrogens with two attached hydrogens (primary N) is 1. The first kappa shape index (κ1) is 15.0. The molecule has 0 saturated carbocycles. The molecule has 2 rings (SSSR count). The van der Waals surface area contributed by atoms with Crippen LogP contribution in [0.5, 0.6) is 5.75 Å². The quantitative estimate of drug-likeness (QED) is 0.535. The third kappa shape index (κ3) is 4.02. The van der Waals surface area contributed by atoms with Crippen LogP contribution in [0.2, 0.25) is 0 Å². The molecule has 21 heavy (non-hydrogen) atoms. The molecule has 0 spiro atoms. The topological polar surface area (TPSA) is 78.4 Å². The first-order valence-electron chi connectivity index (χ1n) is 5.93. The molecule has 0 saturated heterocycles. The highest BCUT2D eigenvalue weighted by atomic mass is 32.1. The van der Waals surface area contributed by atoms with Crippen LogP contribution in [0.15, 0.2) is 29.6 Å². The maximum Gasteiger partial charge on any atom is 0.311 e. The Balaban J connectivity index is 2.11. The normalized spacial score (nSPS) is 9.81. The molecule has 5 nitrogen and oxygen atoms in total. The molecule has 108 valence electrons. The zero-order valence-corrected chi connectivity index (χ0v) is 11.7. The van der Waals surface area contributed by atoms with Crippen LogP contribution in [-0.2, 0) is 6.61 Å². The lowest BCUT2D eigenvalue weighted by Crippen LogP contribution is -1.98. The number of nitro groups is 1. The fourth-order valence-electron chi connectivity index (χ4n) is 1.58. The van der Waals surface area contributed by atoms with E-state index >= 15 is 0 Å². The van der Waals surface area contributed by atoms with Crippen LogP contribution < -0.4 is 10.5 Å². The molecule has 0 amide bonds. The number of halogens is 1. The van der Waals surface area contributed by atoms with E-state index in [9.17, 15) is 14.5 Å². The molecule has 0 radical (unpaired) electrons. The first-order chi connectivity index (χ1) is 10.1. The van der Waals surface area contributed by atoms with Crippen molar-refractivity contribution in [3.05, 3.63) is 56.0 Å². The number of hydrogen-bond donors (Lipinski definition) is 1. The van der Waals surface area contributed by atoms with E-state index in [2.05, 4.69) is 11.8 Å². The van der Waals surface area contributed by atoms with Crippen molar-refractivity contribution < 1.29 is 14.1 Å². The number of thiophene rings is 1. The van der Waals surface area contributed by atoms with Crippen LogP contribution in [-0.4, -0.2) is 11.5 Å². The average Bonchev–Trinajstić information content (AvgIpc) is 2.90. The fraction of sp³-hybridized carbons (Fsp3) is 0.143. The maximum atomic E-state index is 13.1. The van der Waals surface area contributed by atoms with Crippen LogP contribution in [0.1, 0.15) is 10.4 Å². The zero-order valence-electron chi connectivity index (χ0n) is 10.8. The van der Waals surface area contributed by atoms with E-state index in [1.807, 2.05) is 5.38 Å². The molecule has 7 heteroatoms. The van der Waals surface area contributed by atoms with Crippen molar-refractivity contribution in [3.63, 3.8) is 0 Å². The Morgan fingerprint density at radius 3 is 2.95 bits per heavy atom. The molecule has 0 aliphatic carbocycles. The molecule has 0 unspecified atom stereocenters. The van der Waals surface area contributed by atoms with Crippen LogP contribution >= 0.6 is 11.3 Å². The number of nitro benzene ring substituents is 1. The van der Waals surface area contributed by atoms with E-state index in [1.54, 1.807) is 6.07 Å². The van der Waals surface area contributed by atoms with Gasteiger partial charge in [-0.2, -0.15) is 0 Å². The SMILES string of the molecule is NCC#Cc1csc(COc2cc(F)ccc2[N+](=O)[O-])c1. The van der Waals surface area contributed by atoms with Gasteiger partial charge in [-0.05, 0) is 12.1 Å². The van der Waals surface area contributed by atoms with Crippen molar-refractivity contribution in [2.45, 2.75) is 6.61 Å². The van der Waals surface area contributed by atoms with Gasteiger partial charge in [0.1, 0.15) is 12.4 Å². The molecule has 1 heterocycles. The minimum atomic E-state index is -0.610. The van der Waals surface area contributed by atoms with Crippen molar-refractivity contribution in [1.29, 1.82) is 0 Å². The van der Waals surface area contributed by atoms with Gasteiger partial charge in [0, 0.05) is 28.0 Å². The highest BCUT2D eigenvalue weighted by Gasteiger charge is 2.16. The monoisotopic (exact) mass is 306 g/mol. The van der Waals surface area contributed by atoms with Gasteiger partial charge in [0.2, 0.25) is 0 Å². The predicted molar refractivity (Wildman–Crippen MR) is 77.6 cm³/mol. The summed E-state index contributed by atoms with van der Waals surface area (Å²) >= 11 is 1.41. The zero-order chi connectivity index (χ0) is 15.2. The number of benzene rings is 1. The maximum absolute atomic E-state index is 13.1. The third-order valence-electron chi connectivity index (χ3n) is 2.48. The van der Waals surface area contributed by atoms with Gasteiger partial charge < -0.3 is 10.5 Å². The molecule has 0 aliphatic rings. The van der Waals surface area contributed by atoms with Crippen molar-refractivity contribution in [3.8, 4) is 17.6 Å². The lowest BCUT2D eigenvalue weighted by atomic mass is 10.3. The van der Waals surface area contributed by atoms with Crippen molar-refractivity contribution >= 4 is 17.0 Å². The summed E-state index contributed by atoms with van der Waals surface area (Å²) in [5.41, 5.74) is 5.82. The van der Waals surface area contributed by atoms with Crippen LogP contribution in [0.3, 0.4) is 0 Å². The molecular formula is C14H11FN2O3S. The minimum absolute atomic E-state index is 0.0945. The average molecular weight is 306 g/mol. The van der Waals surface area contributed by atoms with Crippen molar-refractivity contribution in [2.24, 2.45) is 5.73 Å². The summed E-state index contributed by atoms with van der Waals surface area (Å²) in [5, 5.41) is 12.7. The smallest absolute Gasteiger partial charge is 0.311 e. The van der Waals surface area contributed by atoms with Gasteiger partial charge in [0.15, 0.2) is 5.75 Å². The summed E-state index contributed by atoms with van der Waals surface area (Å²) < 4.78 is 18.5.